The number of anilines is 2. The number of nitrogens with one attached hydrogen (secondary N) is 1. The molecule has 18 heavy (non-hydrogen) atoms. The van der Waals surface area contributed by atoms with Crippen molar-refractivity contribution in [3.8, 4) is 0 Å². The lowest BCUT2D eigenvalue weighted by atomic mass is 10.1. The van der Waals surface area contributed by atoms with Crippen molar-refractivity contribution in [3.05, 3.63) is 40.1 Å². The molecule has 2 aromatic rings. The van der Waals surface area contributed by atoms with Crippen molar-refractivity contribution < 1.29 is 14.3 Å². The van der Waals surface area contributed by atoms with Gasteiger partial charge in [-0.25, -0.2) is 14.2 Å². The predicted octanol–water partition coefficient (Wildman–Crippen LogP) is 2.17. The van der Waals surface area contributed by atoms with E-state index in [0.717, 1.165) is 11.1 Å². The Morgan fingerprint density at radius 1 is 1.56 bits per heavy atom. The Balaban J connectivity index is 2.22. The summed E-state index contributed by atoms with van der Waals surface area (Å²) in [6, 6.07) is 2.17. The van der Waals surface area contributed by atoms with E-state index in [1.807, 2.05) is 0 Å². The van der Waals surface area contributed by atoms with Crippen molar-refractivity contribution in [1.29, 1.82) is 0 Å². The van der Waals surface area contributed by atoms with Crippen LogP contribution in [-0.2, 0) is 6.54 Å². The Hall–Kier alpha value is -2.15. The number of aromatic nitrogens is 1. The van der Waals surface area contributed by atoms with Gasteiger partial charge in [0.15, 0.2) is 0 Å². The van der Waals surface area contributed by atoms with Crippen LogP contribution in [0.2, 0.25) is 0 Å². The first kappa shape index (κ1) is 12.3. The molecule has 0 spiro atoms. The van der Waals surface area contributed by atoms with Crippen LogP contribution in [0.1, 0.15) is 15.4 Å². The Kier molecular flexibility index (Phi) is 3.42. The summed E-state index contributed by atoms with van der Waals surface area (Å²) in [4.78, 5) is 14.9. The summed E-state index contributed by atoms with van der Waals surface area (Å²) in [5.74, 6) is -1.78. The maximum atomic E-state index is 13.6. The van der Waals surface area contributed by atoms with E-state index >= 15 is 0 Å². The number of halogens is 1. The molecule has 94 valence electrons. The molecule has 4 N–H and O–H groups in total. The lowest BCUT2D eigenvalue weighted by Crippen LogP contribution is -2.07. The fraction of sp³-hybridized carbons (Fsp3) is 0.0909. The van der Waals surface area contributed by atoms with Gasteiger partial charge in [-0.15, -0.1) is 11.3 Å². The number of carbonyl (C=O) groups is 1. The van der Waals surface area contributed by atoms with Crippen molar-refractivity contribution in [3.63, 3.8) is 0 Å². The zero-order valence-electron chi connectivity index (χ0n) is 9.18. The van der Waals surface area contributed by atoms with E-state index in [1.54, 1.807) is 11.6 Å². The number of rotatable bonds is 4. The lowest BCUT2D eigenvalue weighted by Gasteiger charge is -2.09. The molecule has 0 unspecified atom stereocenters. The topological polar surface area (TPSA) is 88.2 Å². The molecule has 0 aliphatic rings. The van der Waals surface area contributed by atoms with E-state index in [2.05, 4.69) is 10.3 Å². The zero-order valence-corrected chi connectivity index (χ0v) is 10.00. The molecule has 5 nitrogen and oxygen atoms in total. The van der Waals surface area contributed by atoms with Gasteiger partial charge in [0.05, 0.1) is 17.8 Å². The van der Waals surface area contributed by atoms with E-state index in [0.29, 0.717) is 6.54 Å². The Labute approximate surface area is 106 Å². The van der Waals surface area contributed by atoms with Crippen LogP contribution in [0.4, 0.5) is 15.8 Å². The van der Waals surface area contributed by atoms with E-state index in [4.69, 9.17) is 10.8 Å². The molecule has 0 saturated carbocycles. The second-order valence-electron chi connectivity index (χ2n) is 3.50. The smallest absolute Gasteiger partial charge is 0.337 e. The first-order valence-corrected chi connectivity index (χ1v) is 5.90. The van der Waals surface area contributed by atoms with Crippen LogP contribution in [0.5, 0.6) is 0 Å². The summed E-state index contributed by atoms with van der Waals surface area (Å²) in [5, 5.41) is 14.3. The van der Waals surface area contributed by atoms with Crippen molar-refractivity contribution in [1.82, 2.24) is 4.98 Å². The molecule has 1 aromatic heterocycles. The van der Waals surface area contributed by atoms with Crippen molar-refractivity contribution in [2.24, 2.45) is 0 Å². The average Bonchev–Trinajstić information content (AvgIpc) is 2.80. The van der Waals surface area contributed by atoms with E-state index in [1.165, 1.54) is 17.4 Å². The number of hydrogen-bond acceptors (Lipinski definition) is 5. The fourth-order valence-electron chi connectivity index (χ4n) is 1.42. The van der Waals surface area contributed by atoms with Crippen molar-refractivity contribution in [2.75, 3.05) is 11.1 Å². The number of nitrogens with two attached hydrogens (primary N) is 1. The van der Waals surface area contributed by atoms with Crippen LogP contribution in [-0.4, -0.2) is 16.1 Å². The minimum Gasteiger partial charge on any atom is -0.478 e. The molecule has 7 heteroatoms. The minimum atomic E-state index is -1.19. The normalized spacial score (nSPS) is 10.3. The van der Waals surface area contributed by atoms with Crippen molar-refractivity contribution in [2.45, 2.75) is 6.54 Å². The first-order chi connectivity index (χ1) is 8.58. The molecule has 0 atom stereocenters. The highest BCUT2D eigenvalue weighted by Crippen LogP contribution is 2.23. The van der Waals surface area contributed by atoms with E-state index in [9.17, 15) is 9.18 Å². The highest BCUT2D eigenvalue weighted by Gasteiger charge is 2.13. The number of carboxylic acids is 1. The van der Waals surface area contributed by atoms with Crippen molar-refractivity contribution >= 4 is 28.7 Å². The van der Waals surface area contributed by atoms with Crippen LogP contribution >= 0.6 is 11.3 Å². The number of nitrogen functional groups attached to an aromatic ring is 1. The molecule has 0 fully saturated rings. The maximum absolute atomic E-state index is 13.6. The number of nitrogens with zero attached hydrogens (tertiary/aromatic N) is 1. The van der Waals surface area contributed by atoms with Gasteiger partial charge in [0.25, 0.3) is 0 Å². The highest BCUT2D eigenvalue weighted by molar-refractivity contribution is 7.09. The van der Waals surface area contributed by atoms with Crippen LogP contribution in [0.3, 0.4) is 0 Å². The summed E-state index contributed by atoms with van der Waals surface area (Å²) in [5.41, 5.74) is 5.29. The molecule has 2 rings (SSSR count). The van der Waals surface area contributed by atoms with Gasteiger partial charge in [0, 0.05) is 17.3 Å². The largest absolute Gasteiger partial charge is 0.478 e. The molecule has 0 radical (unpaired) electrons. The number of benzene rings is 1. The molecule has 1 heterocycles. The summed E-state index contributed by atoms with van der Waals surface area (Å²) in [6.45, 7) is 0.331. The lowest BCUT2D eigenvalue weighted by molar-refractivity contribution is 0.0698. The van der Waals surface area contributed by atoms with Gasteiger partial charge in [0.2, 0.25) is 0 Å². The summed E-state index contributed by atoms with van der Waals surface area (Å²) in [7, 11) is 0. The van der Waals surface area contributed by atoms with Gasteiger partial charge in [-0.1, -0.05) is 0 Å². The molecular weight excluding hydrogens is 257 g/mol. The molecular formula is C11H10FN3O2S. The molecule has 0 bridgehead atoms. The fourth-order valence-corrected chi connectivity index (χ4v) is 1.98. The number of thiazole rings is 1. The monoisotopic (exact) mass is 267 g/mol. The zero-order chi connectivity index (χ0) is 13.1. The van der Waals surface area contributed by atoms with Gasteiger partial charge in [-0.3, -0.25) is 0 Å². The van der Waals surface area contributed by atoms with Crippen LogP contribution < -0.4 is 11.1 Å². The quantitative estimate of drug-likeness (QED) is 0.739. The van der Waals surface area contributed by atoms with Gasteiger partial charge in [0.1, 0.15) is 10.8 Å². The third-order valence-corrected chi connectivity index (χ3v) is 3.06. The maximum Gasteiger partial charge on any atom is 0.337 e. The van der Waals surface area contributed by atoms with Gasteiger partial charge < -0.3 is 16.2 Å². The second kappa shape index (κ2) is 5.01. The van der Waals surface area contributed by atoms with Crippen LogP contribution in [0.15, 0.2) is 23.7 Å². The molecule has 0 amide bonds. The number of carboxylic acid groups (broad SMARTS) is 1. The molecule has 0 aliphatic carbocycles. The number of hydrogen-bond donors (Lipinski definition) is 3. The summed E-state index contributed by atoms with van der Waals surface area (Å²) >= 11 is 1.42. The average molecular weight is 267 g/mol. The molecule has 0 aliphatic heterocycles. The van der Waals surface area contributed by atoms with E-state index in [-0.39, 0.29) is 16.9 Å². The standard InChI is InChI=1S/C11H10FN3O2S/c12-7-4-8(13)6(11(16)17)3-9(7)15-5-10-14-1-2-18-10/h1-4,15H,5,13H2,(H,16,17). The minimum absolute atomic E-state index is 0.0943. The molecule has 1 aromatic carbocycles. The summed E-state index contributed by atoms with van der Waals surface area (Å²) < 4.78 is 13.6. The highest BCUT2D eigenvalue weighted by atomic mass is 32.1. The van der Waals surface area contributed by atoms with Crippen LogP contribution in [0, 0.1) is 5.82 Å². The summed E-state index contributed by atoms with van der Waals surface area (Å²) in [6.07, 6.45) is 1.64. The third kappa shape index (κ3) is 2.57. The first-order valence-electron chi connectivity index (χ1n) is 5.02. The second-order valence-corrected chi connectivity index (χ2v) is 4.48. The van der Waals surface area contributed by atoms with Gasteiger partial charge in [-0.05, 0) is 12.1 Å². The van der Waals surface area contributed by atoms with E-state index < -0.39 is 11.8 Å². The molecule has 0 saturated heterocycles. The third-order valence-electron chi connectivity index (χ3n) is 2.28. The number of aromatic carboxylic acids is 1. The van der Waals surface area contributed by atoms with Crippen LogP contribution in [0.25, 0.3) is 0 Å². The SMILES string of the molecule is Nc1cc(F)c(NCc2nccs2)cc1C(=O)O. The van der Waals surface area contributed by atoms with Gasteiger partial charge >= 0.3 is 5.97 Å². The Morgan fingerprint density at radius 3 is 2.94 bits per heavy atom. The Bertz CT molecular complexity index is 572. The van der Waals surface area contributed by atoms with Gasteiger partial charge in [-0.2, -0.15) is 0 Å². The predicted molar refractivity (Wildman–Crippen MR) is 67.2 cm³/mol. The Morgan fingerprint density at radius 2 is 2.33 bits per heavy atom.